The molecule has 5 nitrogen and oxygen atoms in total. The van der Waals surface area contributed by atoms with Crippen molar-refractivity contribution in [2.75, 3.05) is 0 Å². The molecule has 0 unspecified atom stereocenters. The molecule has 1 aromatic carbocycles. The van der Waals surface area contributed by atoms with Gasteiger partial charge in [-0.1, -0.05) is 49.3 Å². The predicted octanol–water partition coefficient (Wildman–Crippen LogP) is 3.99. The molecule has 0 aliphatic carbocycles. The molecule has 0 N–H and O–H groups in total. The van der Waals surface area contributed by atoms with Crippen LogP contribution in [0.15, 0.2) is 35.4 Å². The van der Waals surface area contributed by atoms with E-state index in [0.29, 0.717) is 25.9 Å². The van der Waals surface area contributed by atoms with Gasteiger partial charge in [0.25, 0.3) is 0 Å². The Hall–Kier alpha value is -2.00. The highest BCUT2D eigenvalue weighted by molar-refractivity contribution is 5.69. The minimum Gasteiger partial charge on any atom is -0.461 e. The number of nitrogens with zero attached hydrogens (tertiary/aromatic N) is 3. The van der Waals surface area contributed by atoms with E-state index < -0.39 is 5.54 Å². The molecule has 0 aliphatic rings. The van der Waals surface area contributed by atoms with E-state index in [1.165, 1.54) is 0 Å². The molecular weight excluding hydrogens is 242 g/mol. The number of carbonyl (C=O) groups excluding carboxylic acids is 1. The summed E-state index contributed by atoms with van der Waals surface area (Å²) >= 11 is 0. The Morgan fingerprint density at radius 2 is 2.05 bits per heavy atom. The van der Waals surface area contributed by atoms with Crippen LogP contribution in [0.1, 0.15) is 38.7 Å². The fourth-order valence-electron chi connectivity index (χ4n) is 1.65. The summed E-state index contributed by atoms with van der Waals surface area (Å²) in [6, 6.07) is 9.57. The van der Waals surface area contributed by atoms with Crippen molar-refractivity contribution in [3.8, 4) is 0 Å². The molecule has 0 aromatic heterocycles. The van der Waals surface area contributed by atoms with Crippen LogP contribution in [0.3, 0.4) is 0 Å². The van der Waals surface area contributed by atoms with E-state index in [2.05, 4.69) is 10.0 Å². The Morgan fingerprint density at radius 1 is 1.37 bits per heavy atom. The number of esters is 1. The maximum absolute atomic E-state index is 11.5. The van der Waals surface area contributed by atoms with Crippen LogP contribution in [0.25, 0.3) is 10.4 Å². The third-order valence-electron chi connectivity index (χ3n) is 2.73. The number of rotatable bonds is 7. The van der Waals surface area contributed by atoms with Gasteiger partial charge in [0.05, 0.1) is 0 Å². The smallest absolute Gasteiger partial charge is 0.306 e. The van der Waals surface area contributed by atoms with Crippen LogP contribution in [-0.4, -0.2) is 11.5 Å². The molecule has 0 radical (unpaired) electrons. The van der Waals surface area contributed by atoms with E-state index >= 15 is 0 Å². The highest BCUT2D eigenvalue weighted by Gasteiger charge is 2.16. The third-order valence-corrected chi connectivity index (χ3v) is 2.73. The van der Waals surface area contributed by atoms with Crippen molar-refractivity contribution < 1.29 is 9.53 Å². The molecule has 19 heavy (non-hydrogen) atoms. The molecular formula is C14H19N3O2. The van der Waals surface area contributed by atoms with Gasteiger partial charge in [-0.05, 0) is 23.9 Å². The van der Waals surface area contributed by atoms with Crippen LogP contribution in [0.4, 0.5) is 0 Å². The Morgan fingerprint density at radius 3 is 2.68 bits per heavy atom. The summed E-state index contributed by atoms with van der Waals surface area (Å²) in [5.41, 5.74) is 8.91. The van der Waals surface area contributed by atoms with Crippen LogP contribution in [0.2, 0.25) is 0 Å². The number of hydrogen-bond donors (Lipinski definition) is 0. The van der Waals surface area contributed by atoms with Gasteiger partial charge in [-0.3, -0.25) is 4.79 Å². The van der Waals surface area contributed by atoms with Gasteiger partial charge in [0.1, 0.15) is 6.61 Å². The fourth-order valence-corrected chi connectivity index (χ4v) is 1.65. The molecule has 0 fully saturated rings. The molecule has 1 rings (SSSR count). The molecule has 0 spiro atoms. The molecule has 5 heteroatoms. The fraction of sp³-hybridized carbons (Fsp3) is 0.500. The second-order valence-corrected chi connectivity index (χ2v) is 5.00. The third kappa shape index (κ3) is 6.48. The summed E-state index contributed by atoms with van der Waals surface area (Å²) < 4.78 is 5.16. The van der Waals surface area contributed by atoms with Crippen LogP contribution in [0, 0.1) is 0 Å². The van der Waals surface area contributed by atoms with E-state index in [9.17, 15) is 4.79 Å². The van der Waals surface area contributed by atoms with Gasteiger partial charge in [-0.25, -0.2) is 0 Å². The van der Waals surface area contributed by atoms with Crippen LogP contribution >= 0.6 is 0 Å². The molecule has 0 amide bonds. The quantitative estimate of drug-likeness (QED) is 0.322. The highest BCUT2D eigenvalue weighted by Crippen LogP contribution is 2.18. The zero-order chi connectivity index (χ0) is 14.1. The zero-order valence-electron chi connectivity index (χ0n) is 11.4. The number of ether oxygens (including phenoxy) is 1. The molecule has 0 bridgehead atoms. The number of hydrogen-bond acceptors (Lipinski definition) is 3. The Balaban J connectivity index is 2.24. The lowest BCUT2D eigenvalue weighted by Gasteiger charge is -2.16. The highest BCUT2D eigenvalue weighted by atomic mass is 16.5. The molecule has 0 aliphatic heterocycles. The lowest BCUT2D eigenvalue weighted by Crippen LogP contribution is -2.16. The summed E-state index contributed by atoms with van der Waals surface area (Å²) in [4.78, 5) is 14.3. The average molecular weight is 261 g/mol. The van der Waals surface area contributed by atoms with E-state index in [1.807, 2.05) is 44.2 Å². The van der Waals surface area contributed by atoms with E-state index in [4.69, 9.17) is 10.3 Å². The maximum Gasteiger partial charge on any atom is 0.306 e. The normalized spacial score (nSPS) is 10.6. The van der Waals surface area contributed by atoms with Crippen molar-refractivity contribution in [3.63, 3.8) is 0 Å². The first kappa shape index (κ1) is 15.1. The lowest BCUT2D eigenvalue weighted by molar-refractivity contribution is -0.145. The number of azide groups is 1. The van der Waals surface area contributed by atoms with Gasteiger partial charge < -0.3 is 4.74 Å². The summed E-state index contributed by atoms with van der Waals surface area (Å²) in [5.74, 6) is -0.222. The number of benzene rings is 1. The number of carbonyl (C=O) groups is 1. The topological polar surface area (TPSA) is 75.1 Å². The van der Waals surface area contributed by atoms with Crippen molar-refractivity contribution >= 4 is 5.97 Å². The van der Waals surface area contributed by atoms with Crippen LogP contribution in [-0.2, 0) is 16.1 Å². The van der Waals surface area contributed by atoms with Crippen molar-refractivity contribution in [1.82, 2.24) is 0 Å². The van der Waals surface area contributed by atoms with E-state index in [0.717, 1.165) is 5.56 Å². The summed E-state index contributed by atoms with van der Waals surface area (Å²) in [6.07, 6.45) is 1.66. The van der Waals surface area contributed by atoms with Gasteiger partial charge in [0.15, 0.2) is 0 Å². The predicted molar refractivity (Wildman–Crippen MR) is 73.3 cm³/mol. The molecule has 0 saturated carbocycles. The van der Waals surface area contributed by atoms with E-state index in [-0.39, 0.29) is 5.97 Å². The molecule has 102 valence electrons. The Kier molecular flexibility index (Phi) is 5.90. The van der Waals surface area contributed by atoms with Crippen molar-refractivity contribution in [3.05, 3.63) is 46.3 Å². The van der Waals surface area contributed by atoms with Gasteiger partial charge in [0.2, 0.25) is 0 Å². The zero-order valence-corrected chi connectivity index (χ0v) is 11.4. The summed E-state index contributed by atoms with van der Waals surface area (Å²) in [7, 11) is 0. The van der Waals surface area contributed by atoms with Gasteiger partial charge in [-0.15, -0.1) is 0 Å². The standard InChI is InChI=1S/C14H19N3O2/c1-14(2,16-17-15)10-6-9-13(18)19-11-12-7-4-3-5-8-12/h3-5,7-8H,6,9-11H2,1-2H3. The molecule has 0 atom stereocenters. The van der Waals surface area contributed by atoms with Gasteiger partial charge in [-0.2, -0.15) is 0 Å². The summed E-state index contributed by atoms with van der Waals surface area (Å²) in [6.45, 7) is 4.00. The first-order chi connectivity index (χ1) is 9.03. The Labute approximate surface area is 113 Å². The van der Waals surface area contributed by atoms with Crippen molar-refractivity contribution in [2.24, 2.45) is 5.11 Å². The van der Waals surface area contributed by atoms with Gasteiger partial charge >= 0.3 is 5.97 Å². The second kappa shape index (κ2) is 7.44. The van der Waals surface area contributed by atoms with Gasteiger partial charge in [0, 0.05) is 16.9 Å². The SMILES string of the molecule is CC(C)(CCCC(=O)OCc1ccccc1)N=[N+]=[N-]. The van der Waals surface area contributed by atoms with Crippen molar-refractivity contribution in [1.29, 1.82) is 0 Å². The largest absolute Gasteiger partial charge is 0.461 e. The van der Waals surface area contributed by atoms with Crippen LogP contribution < -0.4 is 0 Å². The molecule has 1 aromatic rings. The maximum atomic E-state index is 11.5. The lowest BCUT2D eigenvalue weighted by atomic mass is 9.99. The second-order valence-electron chi connectivity index (χ2n) is 5.00. The average Bonchev–Trinajstić information content (AvgIpc) is 2.37. The van der Waals surface area contributed by atoms with E-state index in [1.54, 1.807) is 0 Å². The van der Waals surface area contributed by atoms with Crippen molar-refractivity contribution in [2.45, 2.75) is 45.3 Å². The monoisotopic (exact) mass is 261 g/mol. The molecule has 0 saturated heterocycles. The first-order valence-corrected chi connectivity index (χ1v) is 6.29. The minimum absolute atomic E-state index is 0.222. The minimum atomic E-state index is -0.450. The Bertz CT molecular complexity index is 451. The van der Waals surface area contributed by atoms with Crippen LogP contribution in [0.5, 0.6) is 0 Å². The molecule has 0 heterocycles. The summed E-state index contributed by atoms with van der Waals surface area (Å²) in [5, 5.41) is 3.68. The first-order valence-electron chi connectivity index (χ1n) is 6.29.